The van der Waals surface area contributed by atoms with E-state index in [-0.39, 0.29) is 0 Å². The van der Waals surface area contributed by atoms with Gasteiger partial charge in [0.2, 0.25) is 10.0 Å². The fraction of sp³-hybridized carbons (Fsp3) is 0.600. The SMILES string of the molecule is COCCN1CCN(S(C)(=O)=O)Cc2ccc(C)nc21.O=C(O)C(F)(F)F. The summed E-state index contributed by atoms with van der Waals surface area (Å²) >= 11 is 0. The maximum absolute atomic E-state index is 11.8. The lowest BCUT2D eigenvalue weighted by atomic mass is 10.2. The standard InChI is InChI=1S/C13H21N3O3S.C2HF3O2/c1-11-4-5-12-10-16(20(3,17)18)7-6-15(8-9-19-2)13(12)14-11;3-2(4,5)1(6)7/h4-5H,6-10H2,1-3H3;(H,6,7). The summed E-state index contributed by atoms with van der Waals surface area (Å²) in [6.45, 7) is 4.71. The third kappa shape index (κ3) is 7.31. The van der Waals surface area contributed by atoms with Crippen LogP contribution in [0.5, 0.6) is 0 Å². The molecule has 0 aromatic carbocycles. The van der Waals surface area contributed by atoms with Crippen molar-refractivity contribution in [3.8, 4) is 0 Å². The minimum atomic E-state index is -5.08. The molecular weight excluding hydrogens is 391 g/mol. The average molecular weight is 413 g/mol. The number of pyridine rings is 1. The monoisotopic (exact) mass is 413 g/mol. The summed E-state index contributed by atoms with van der Waals surface area (Å²) < 4.78 is 62.0. The molecule has 0 radical (unpaired) electrons. The fourth-order valence-corrected chi connectivity index (χ4v) is 3.07. The number of rotatable bonds is 4. The van der Waals surface area contributed by atoms with Crippen LogP contribution in [0.1, 0.15) is 11.3 Å². The van der Waals surface area contributed by atoms with Crippen LogP contribution < -0.4 is 4.90 Å². The number of sulfonamides is 1. The van der Waals surface area contributed by atoms with Crippen molar-refractivity contribution in [2.45, 2.75) is 19.6 Å². The van der Waals surface area contributed by atoms with Crippen LogP contribution in [0.2, 0.25) is 0 Å². The van der Waals surface area contributed by atoms with Crippen LogP contribution in [0.4, 0.5) is 19.0 Å². The number of aliphatic carboxylic acids is 1. The molecule has 154 valence electrons. The molecule has 1 aliphatic rings. The van der Waals surface area contributed by atoms with E-state index in [2.05, 4.69) is 9.88 Å². The Balaban J connectivity index is 0.000000445. The van der Waals surface area contributed by atoms with E-state index >= 15 is 0 Å². The van der Waals surface area contributed by atoms with E-state index in [1.807, 2.05) is 19.1 Å². The number of nitrogens with zero attached hydrogens (tertiary/aromatic N) is 3. The first-order chi connectivity index (χ1) is 12.4. The van der Waals surface area contributed by atoms with E-state index in [4.69, 9.17) is 14.6 Å². The number of carbonyl (C=O) groups is 1. The summed E-state index contributed by atoms with van der Waals surface area (Å²) in [4.78, 5) is 15.6. The molecule has 1 N–H and O–H groups in total. The smallest absolute Gasteiger partial charge is 0.475 e. The minimum Gasteiger partial charge on any atom is -0.475 e. The zero-order valence-corrected chi connectivity index (χ0v) is 16.0. The highest BCUT2D eigenvalue weighted by molar-refractivity contribution is 7.88. The van der Waals surface area contributed by atoms with Gasteiger partial charge in [0.1, 0.15) is 5.82 Å². The van der Waals surface area contributed by atoms with Gasteiger partial charge >= 0.3 is 12.1 Å². The van der Waals surface area contributed by atoms with Gasteiger partial charge in [-0.1, -0.05) is 6.07 Å². The molecule has 0 aliphatic carbocycles. The molecule has 1 aliphatic heterocycles. The molecule has 0 saturated carbocycles. The third-order valence-electron chi connectivity index (χ3n) is 3.64. The predicted molar refractivity (Wildman–Crippen MR) is 92.0 cm³/mol. The van der Waals surface area contributed by atoms with E-state index in [9.17, 15) is 21.6 Å². The number of hydrogen-bond donors (Lipinski definition) is 1. The largest absolute Gasteiger partial charge is 0.490 e. The van der Waals surface area contributed by atoms with E-state index in [0.717, 1.165) is 17.1 Å². The summed E-state index contributed by atoms with van der Waals surface area (Å²) in [5, 5.41) is 7.12. The molecule has 1 aromatic rings. The molecule has 12 heteroatoms. The molecule has 0 fully saturated rings. The molecule has 0 atom stereocenters. The predicted octanol–water partition coefficient (Wildman–Crippen LogP) is 1.25. The number of aryl methyl sites for hydroxylation is 1. The molecule has 27 heavy (non-hydrogen) atoms. The Morgan fingerprint density at radius 2 is 1.93 bits per heavy atom. The van der Waals surface area contributed by atoms with E-state index in [1.165, 1.54) is 10.6 Å². The van der Waals surface area contributed by atoms with Crippen LogP contribution in [-0.2, 0) is 26.1 Å². The topological polar surface area (TPSA) is 100 Å². The molecule has 0 amide bonds. The molecule has 2 rings (SSSR count). The van der Waals surface area contributed by atoms with Gasteiger partial charge in [-0.3, -0.25) is 0 Å². The molecule has 1 aromatic heterocycles. The number of hydrogen-bond acceptors (Lipinski definition) is 6. The van der Waals surface area contributed by atoms with Crippen LogP contribution in [0.25, 0.3) is 0 Å². The van der Waals surface area contributed by atoms with Crippen molar-refractivity contribution in [3.63, 3.8) is 0 Å². The number of methoxy groups -OCH3 is 1. The second-order valence-corrected chi connectivity index (χ2v) is 7.80. The number of halogens is 3. The maximum atomic E-state index is 11.8. The van der Waals surface area contributed by atoms with Crippen molar-refractivity contribution in [1.29, 1.82) is 0 Å². The number of aromatic nitrogens is 1. The van der Waals surface area contributed by atoms with Crippen LogP contribution >= 0.6 is 0 Å². The zero-order valence-electron chi connectivity index (χ0n) is 15.2. The number of fused-ring (bicyclic) bond motifs is 1. The van der Waals surface area contributed by atoms with Gasteiger partial charge in [0.15, 0.2) is 0 Å². The summed E-state index contributed by atoms with van der Waals surface area (Å²) in [6.07, 6.45) is -3.83. The van der Waals surface area contributed by atoms with E-state index in [0.29, 0.717) is 32.8 Å². The molecule has 0 saturated heterocycles. The summed E-state index contributed by atoms with van der Waals surface area (Å²) in [5.41, 5.74) is 1.87. The first kappa shape index (κ1) is 23.1. The maximum Gasteiger partial charge on any atom is 0.490 e. The van der Waals surface area contributed by atoms with Gasteiger partial charge in [-0.25, -0.2) is 18.2 Å². The van der Waals surface area contributed by atoms with Crippen LogP contribution in [0, 0.1) is 6.92 Å². The second kappa shape index (κ2) is 9.33. The van der Waals surface area contributed by atoms with Crippen molar-refractivity contribution >= 4 is 21.8 Å². The molecule has 2 heterocycles. The first-order valence-corrected chi connectivity index (χ1v) is 9.66. The molecule has 8 nitrogen and oxygen atoms in total. The molecule has 0 unspecified atom stereocenters. The van der Waals surface area contributed by atoms with Crippen LogP contribution in [0.3, 0.4) is 0 Å². The van der Waals surface area contributed by atoms with Gasteiger partial charge in [0, 0.05) is 44.5 Å². The highest BCUT2D eigenvalue weighted by atomic mass is 32.2. The zero-order chi connectivity index (χ0) is 20.8. The lowest BCUT2D eigenvalue weighted by molar-refractivity contribution is -0.192. The fourth-order valence-electron chi connectivity index (χ4n) is 2.28. The Morgan fingerprint density at radius 3 is 2.41 bits per heavy atom. The molecular formula is C15H22F3N3O5S. The van der Waals surface area contributed by atoms with Gasteiger partial charge in [-0.15, -0.1) is 0 Å². The minimum absolute atomic E-state index is 0.380. The van der Waals surface area contributed by atoms with Crippen molar-refractivity contribution < 1.29 is 36.2 Å². The Kier molecular flexibility index (Phi) is 7.99. The lowest BCUT2D eigenvalue weighted by Crippen LogP contribution is -2.36. The average Bonchev–Trinajstić information content (AvgIpc) is 2.71. The van der Waals surface area contributed by atoms with Gasteiger partial charge in [-0.05, 0) is 13.0 Å². The highest BCUT2D eigenvalue weighted by Crippen LogP contribution is 2.24. The van der Waals surface area contributed by atoms with Gasteiger partial charge < -0.3 is 14.7 Å². The summed E-state index contributed by atoms with van der Waals surface area (Å²) in [7, 11) is -1.54. The van der Waals surface area contributed by atoms with Crippen molar-refractivity contribution in [1.82, 2.24) is 9.29 Å². The van der Waals surface area contributed by atoms with E-state index in [1.54, 1.807) is 7.11 Å². The summed E-state index contributed by atoms with van der Waals surface area (Å²) in [5.74, 6) is -1.89. The van der Waals surface area contributed by atoms with Crippen LogP contribution in [-0.4, -0.2) is 74.6 Å². The normalized spacial score (nSPS) is 15.4. The Labute approximate surface area is 155 Å². The Morgan fingerprint density at radius 1 is 1.33 bits per heavy atom. The number of alkyl halides is 3. The Hall–Kier alpha value is -1.92. The number of carboxylic acid groups (broad SMARTS) is 1. The third-order valence-corrected chi connectivity index (χ3v) is 4.89. The van der Waals surface area contributed by atoms with E-state index < -0.39 is 22.2 Å². The molecule has 0 spiro atoms. The first-order valence-electron chi connectivity index (χ1n) is 7.82. The van der Waals surface area contributed by atoms with Crippen LogP contribution in [0.15, 0.2) is 12.1 Å². The van der Waals surface area contributed by atoms with Gasteiger partial charge in [0.05, 0.1) is 12.9 Å². The highest BCUT2D eigenvalue weighted by Gasteiger charge is 2.38. The van der Waals surface area contributed by atoms with Crippen molar-refractivity contribution in [2.75, 3.05) is 44.5 Å². The van der Waals surface area contributed by atoms with Gasteiger partial charge in [-0.2, -0.15) is 17.5 Å². The quantitative estimate of drug-likeness (QED) is 0.793. The lowest BCUT2D eigenvalue weighted by Gasteiger charge is -2.23. The second-order valence-electron chi connectivity index (χ2n) is 5.81. The number of ether oxygens (including phenoxy) is 1. The molecule has 0 bridgehead atoms. The summed E-state index contributed by atoms with van der Waals surface area (Å²) in [6, 6.07) is 3.88. The van der Waals surface area contributed by atoms with Gasteiger partial charge in [0.25, 0.3) is 0 Å². The van der Waals surface area contributed by atoms with Crippen molar-refractivity contribution in [3.05, 3.63) is 23.4 Å². The Bertz CT molecular complexity index is 756. The number of anilines is 1. The van der Waals surface area contributed by atoms with Crippen molar-refractivity contribution in [2.24, 2.45) is 0 Å². The number of carboxylic acids is 1.